The number of para-hydroxylation sites is 1. The molecule has 0 aliphatic carbocycles. The van der Waals surface area contributed by atoms with Gasteiger partial charge in [0.25, 0.3) is 15.9 Å². The number of methoxy groups -OCH3 is 1. The summed E-state index contributed by atoms with van der Waals surface area (Å²) in [5, 5.41) is 2.88. The molecule has 3 aromatic rings. The standard InChI is InChI=1S/C25H26N2O5S/c1-18(19-7-9-21(31-2)10-8-19)26-25(28)17-32-22-11-13-23(14-12-22)33(29,30)27-16-15-20-5-3-4-6-24(20)27/h3-14,18H,15-17H2,1-2H3,(H,26,28)/t18-/m1/s1. The van der Waals surface area contributed by atoms with E-state index in [1.807, 2.05) is 55.5 Å². The van der Waals surface area contributed by atoms with Gasteiger partial charge in [0, 0.05) is 6.54 Å². The molecule has 0 saturated carbocycles. The number of amides is 1. The third kappa shape index (κ3) is 4.96. The van der Waals surface area contributed by atoms with Crippen molar-refractivity contribution < 1.29 is 22.7 Å². The lowest BCUT2D eigenvalue weighted by Gasteiger charge is -2.19. The fourth-order valence-corrected chi connectivity index (χ4v) is 5.30. The fraction of sp³-hybridized carbons (Fsp3) is 0.240. The fourth-order valence-electron chi connectivity index (χ4n) is 3.80. The van der Waals surface area contributed by atoms with Crippen molar-refractivity contribution in [2.24, 2.45) is 0 Å². The number of nitrogens with one attached hydrogen (secondary N) is 1. The van der Waals surface area contributed by atoms with Crippen molar-refractivity contribution >= 4 is 21.6 Å². The summed E-state index contributed by atoms with van der Waals surface area (Å²) in [6, 6.07) is 20.9. The monoisotopic (exact) mass is 466 g/mol. The van der Waals surface area contributed by atoms with Crippen molar-refractivity contribution in [1.82, 2.24) is 5.32 Å². The molecule has 8 heteroatoms. The molecule has 4 rings (SSSR count). The smallest absolute Gasteiger partial charge is 0.264 e. The number of hydrogen-bond acceptors (Lipinski definition) is 5. The van der Waals surface area contributed by atoms with Crippen LogP contribution >= 0.6 is 0 Å². The molecule has 1 N–H and O–H groups in total. The molecule has 3 aromatic carbocycles. The number of rotatable bonds is 8. The van der Waals surface area contributed by atoms with E-state index in [2.05, 4.69) is 5.32 Å². The average Bonchev–Trinajstić information content (AvgIpc) is 3.28. The van der Waals surface area contributed by atoms with Gasteiger partial charge in [0.2, 0.25) is 0 Å². The molecule has 1 aliphatic rings. The van der Waals surface area contributed by atoms with Gasteiger partial charge in [0.1, 0.15) is 11.5 Å². The van der Waals surface area contributed by atoms with Crippen LogP contribution in [0.4, 0.5) is 5.69 Å². The number of nitrogens with zero attached hydrogens (tertiary/aromatic N) is 1. The van der Waals surface area contributed by atoms with Gasteiger partial charge >= 0.3 is 0 Å². The second-order valence-corrected chi connectivity index (χ2v) is 9.64. The molecule has 33 heavy (non-hydrogen) atoms. The third-order valence-electron chi connectivity index (χ3n) is 5.62. The van der Waals surface area contributed by atoms with Crippen LogP contribution in [0.2, 0.25) is 0 Å². The first-order chi connectivity index (χ1) is 15.9. The van der Waals surface area contributed by atoms with Gasteiger partial charge in [0.15, 0.2) is 6.61 Å². The molecule has 1 heterocycles. The van der Waals surface area contributed by atoms with Gasteiger partial charge < -0.3 is 14.8 Å². The minimum absolute atomic E-state index is 0.175. The highest BCUT2D eigenvalue weighted by Crippen LogP contribution is 2.33. The van der Waals surface area contributed by atoms with Gasteiger partial charge in [-0.2, -0.15) is 0 Å². The van der Waals surface area contributed by atoms with Crippen LogP contribution in [0.1, 0.15) is 24.1 Å². The number of benzene rings is 3. The van der Waals surface area contributed by atoms with E-state index in [9.17, 15) is 13.2 Å². The number of fused-ring (bicyclic) bond motifs is 1. The van der Waals surface area contributed by atoms with Crippen molar-refractivity contribution in [1.29, 1.82) is 0 Å². The van der Waals surface area contributed by atoms with Crippen LogP contribution in [0.25, 0.3) is 0 Å². The molecule has 0 saturated heterocycles. The first kappa shape index (κ1) is 22.7. The highest BCUT2D eigenvalue weighted by molar-refractivity contribution is 7.92. The molecule has 0 aromatic heterocycles. The lowest BCUT2D eigenvalue weighted by molar-refractivity contribution is -0.123. The van der Waals surface area contributed by atoms with Gasteiger partial charge in [-0.1, -0.05) is 30.3 Å². The van der Waals surface area contributed by atoms with Crippen LogP contribution < -0.4 is 19.1 Å². The summed E-state index contributed by atoms with van der Waals surface area (Å²) >= 11 is 0. The summed E-state index contributed by atoms with van der Waals surface area (Å²) < 4.78 is 38.3. The minimum atomic E-state index is -3.66. The molecular formula is C25H26N2O5S. The van der Waals surface area contributed by atoms with Crippen molar-refractivity contribution in [2.75, 3.05) is 24.6 Å². The van der Waals surface area contributed by atoms with E-state index in [4.69, 9.17) is 9.47 Å². The van der Waals surface area contributed by atoms with E-state index >= 15 is 0 Å². The molecule has 0 fully saturated rings. The zero-order valence-corrected chi connectivity index (χ0v) is 19.3. The average molecular weight is 467 g/mol. The maximum Gasteiger partial charge on any atom is 0.264 e. The number of anilines is 1. The Morgan fingerprint density at radius 2 is 1.67 bits per heavy atom. The number of sulfonamides is 1. The normalized spacial score (nSPS) is 13.8. The summed E-state index contributed by atoms with van der Waals surface area (Å²) in [5.74, 6) is 0.895. The molecular weight excluding hydrogens is 440 g/mol. The van der Waals surface area contributed by atoms with E-state index in [1.165, 1.54) is 16.4 Å². The van der Waals surface area contributed by atoms with E-state index < -0.39 is 10.0 Å². The Balaban J connectivity index is 1.34. The molecule has 1 aliphatic heterocycles. The summed E-state index contributed by atoms with van der Waals surface area (Å²) in [7, 11) is -2.06. The van der Waals surface area contributed by atoms with Gasteiger partial charge in [-0.05, 0) is 66.9 Å². The Morgan fingerprint density at radius 3 is 2.36 bits per heavy atom. The zero-order chi connectivity index (χ0) is 23.4. The Kier molecular flexibility index (Phi) is 6.55. The first-order valence-electron chi connectivity index (χ1n) is 10.7. The zero-order valence-electron chi connectivity index (χ0n) is 18.5. The van der Waals surface area contributed by atoms with Crippen LogP contribution in [0, 0.1) is 0 Å². The molecule has 1 atom stereocenters. The lowest BCUT2D eigenvalue weighted by Crippen LogP contribution is -2.31. The highest BCUT2D eigenvalue weighted by atomic mass is 32.2. The van der Waals surface area contributed by atoms with Gasteiger partial charge in [-0.15, -0.1) is 0 Å². The SMILES string of the molecule is COc1ccc([C@@H](C)NC(=O)COc2ccc(S(=O)(=O)N3CCc4ccccc43)cc2)cc1. The Morgan fingerprint density at radius 1 is 1.00 bits per heavy atom. The van der Waals surface area contributed by atoms with E-state index in [0.29, 0.717) is 18.7 Å². The Labute approximate surface area is 194 Å². The summed E-state index contributed by atoms with van der Waals surface area (Å²) in [4.78, 5) is 12.5. The minimum Gasteiger partial charge on any atom is -0.497 e. The van der Waals surface area contributed by atoms with Crippen LogP contribution in [-0.2, 0) is 21.2 Å². The lowest BCUT2D eigenvalue weighted by atomic mass is 10.1. The number of carbonyl (C=O) groups is 1. The molecule has 172 valence electrons. The third-order valence-corrected chi connectivity index (χ3v) is 7.45. The molecule has 7 nitrogen and oxygen atoms in total. The van der Waals surface area contributed by atoms with Gasteiger partial charge in [0.05, 0.1) is 23.7 Å². The van der Waals surface area contributed by atoms with Crippen molar-refractivity contribution in [3.63, 3.8) is 0 Å². The van der Waals surface area contributed by atoms with E-state index in [1.54, 1.807) is 19.2 Å². The molecule has 0 spiro atoms. The van der Waals surface area contributed by atoms with E-state index in [0.717, 1.165) is 22.6 Å². The second-order valence-electron chi connectivity index (χ2n) is 7.78. The summed E-state index contributed by atoms with van der Waals surface area (Å²) in [6.07, 6.45) is 0.695. The molecule has 0 radical (unpaired) electrons. The predicted molar refractivity (Wildman–Crippen MR) is 126 cm³/mol. The number of ether oxygens (including phenoxy) is 2. The number of hydrogen-bond donors (Lipinski definition) is 1. The van der Waals surface area contributed by atoms with Crippen molar-refractivity contribution in [3.8, 4) is 11.5 Å². The Bertz CT molecular complexity index is 1220. The predicted octanol–water partition coefficient (Wildman–Crippen LogP) is 3.70. The second kappa shape index (κ2) is 9.54. The van der Waals surface area contributed by atoms with Gasteiger partial charge in [-0.25, -0.2) is 8.42 Å². The number of carbonyl (C=O) groups excluding carboxylic acids is 1. The summed E-state index contributed by atoms with van der Waals surface area (Å²) in [5.41, 5.74) is 2.69. The van der Waals surface area contributed by atoms with Crippen LogP contribution in [0.15, 0.2) is 77.7 Å². The maximum absolute atomic E-state index is 13.1. The molecule has 0 bridgehead atoms. The molecule has 0 unspecified atom stereocenters. The quantitative estimate of drug-likeness (QED) is 0.547. The molecule has 1 amide bonds. The van der Waals surface area contributed by atoms with Crippen molar-refractivity contribution in [2.45, 2.75) is 24.3 Å². The maximum atomic E-state index is 13.1. The first-order valence-corrected chi connectivity index (χ1v) is 12.1. The highest BCUT2D eigenvalue weighted by Gasteiger charge is 2.30. The van der Waals surface area contributed by atoms with Gasteiger partial charge in [-0.3, -0.25) is 9.10 Å². The van der Waals surface area contributed by atoms with Crippen molar-refractivity contribution in [3.05, 3.63) is 83.9 Å². The van der Waals surface area contributed by atoms with Crippen LogP contribution in [0.3, 0.4) is 0 Å². The summed E-state index contributed by atoms with van der Waals surface area (Å²) in [6.45, 7) is 2.13. The van der Waals surface area contributed by atoms with Crippen LogP contribution in [0.5, 0.6) is 11.5 Å². The van der Waals surface area contributed by atoms with Crippen LogP contribution in [-0.4, -0.2) is 34.6 Å². The van der Waals surface area contributed by atoms with E-state index in [-0.39, 0.29) is 23.5 Å². The topological polar surface area (TPSA) is 84.9 Å². The Hall–Kier alpha value is -3.52. The largest absolute Gasteiger partial charge is 0.497 e.